The van der Waals surface area contributed by atoms with Gasteiger partial charge < -0.3 is 15.1 Å². The van der Waals surface area contributed by atoms with Gasteiger partial charge >= 0.3 is 6.03 Å². The van der Waals surface area contributed by atoms with E-state index in [-0.39, 0.29) is 12.5 Å². The molecule has 7 nitrogen and oxygen atoms in total. The Morgan fingerprint density at radius 3 is 2.84 bits per heavy atom. The number of imide groups is 1. The molecule has 4 rings (SSSR count). The van der Waals surface area contributed by atoms with Crippen LogP contribution in [-0.4, -0.2) is 35.8 Å². The Kier molecular flexibility index (Phi) is 3.52. The van der Waals surface area contributed by atoms with Crippen LogP contribution in [0.15, 0.2) is 34.7 Å². The molecule has 2 heterocycles. The number of fused-ring (bicyclic) bond motifs is 1. The van der Waals surface area contributed by atoms with E-state index in [0.29, 0.717) is 23.8 Å². The lowest BCUT2D eigenvalue weighted by atomic mass is 9.99. The molecule has 2 aromatic rings. The summed E-state index contributed by atoms with van der Waals surface area (Å²) in [6.07, 6.45) is 2.24. The van der Waals surface area contributed by atoms with Crippen LogP contribution in [0.5, 0.6) is 0 Å². The Balaban J connectivity index is 1.53. The van der Waals surface area contributed by atoms with Crippen LogP contribution in [-0.2, 0) is 15.1 Å². The lowest BCUT2D eigenvalue weighted by Crippen LogP contribution is -2.43. The molecule has 0 radical (unpaired) electrons. The first-order valence-corrected chi connectivity index (χ1v) is 8.37. The summed E-state index contributed by atoms with van der Waals surface area (Å²) in [6.45, 7) is 1.91. The fourth-order valence-electron chi connectivity index (χ4n) is 3.02. The Hall–Kier alpha value is -2.83. The molecule has 1 saturated carbocycles. The summed E-state index contributed by atoms with van der Waals surface area (Å²) in [5, 5.41) is 6.27. The predicted octanol–water partition coefficient (Wildman–Crippen LogP) is 1.73. The number of rotatable bonds is 5. The van der Waals surface area contributed by atoms with Crippen molar-refractivity contribution in [2.24, 2.45) is 5.92 Å². The number of amides is 4. The number of nitrogens with one attached hydrogen (secondary N) is 2. The average Bonchev–Trinajstić information content (AvgIpc) is 3.27. The van der Waals surface area contributed by atoms with Crippen molar-refractivity contribution >= 4 is 28.8 Å². The third-order valence-electron chi connectivity index (χ3n) is 4.78. The van der Waals surface area contributed by atoms with E-state index in [1.807, 2.05) is 18.2 Å². The van der Waals surface area contributed by atoms with Crippen molar-refractivity contribution in [3.05, 3.63) is 36.1 Å². The number of carbonyl (C=O) groups excluding carboxylic acids is 3. The van der Waals surface area contributed by atoms with Crippen molar-refractivity contribution in [3.8, 4) is 0 Å². The lowest BCUT2D eigenvalue weighted by Gasteiger charge is -2.18. The first-order valence-electron chi connectivity index (χ1n) is 8.37. The highest BCUT2D eigenvalue weighted by Crippen LogP contribution is 2.33. The molecule has 130 valence electrons. The van der Waals surface area contributed by atoms with Crippen molar-refractivity contribution in [1.29, 1.82) is 0 Å². The molecule has 1 aliphatic carbocycles. The van der Waals surface area contributed by atoms with Crippen LogP contribution in [0.1, 0.15) is 25.5 Å². The summed E-state index contributed by atoms with van der Waals surface area (Å²) in [5.41, 5.74) is -0.672. The second kappa shape index (κ2) is 5.61. The van der Waals surface area contributed by atoms with Gasteiger partial charge in [-0.05, 0) is 37.8 Å². The Labute approximate surface area is 144 Å². The topological polar surface area (TPSA) is 91.7 Å². The van der Waals surface area contributed by atoms with Crippen molar-refractivity contribution in [3.63, 3.8) is 0 Å². The predicted molar refractivity (Wildman–Crippen MR) is 89.5 cm³/mol. The molecule has 25 heavy (non-hydrogen) atoms. The molecule has 2 fully saturated rings. The van der Waals surface area contributed by atoms with Crippen LogP contribution in [0, 0.1) is 5.92 Å². The smallest absolute Gasteiger partial charge is 0.325 e. The van der Waals surface area contributed by atoms with Gasteiger partial charge in [0.05, 0.1) is 0 Å². The van der Waals surface area contributed by atoms with Gasteiger partial charge in [0, 0.05) is 11.9 Å². The van der Waals surface area contributed by atoms with Crippen molar-refractivity contribution in [2.45, 2.75) is 25.3 Å². The second-order valence-corrected chi connectivity index (χ2v) is 6.84. The number of hydrogen-bond acceptors (Lipinski definition) is 4. The van der Waals surface area contributed by atoms with Crippen LogP contribution >= 0.6 is 0 Å². The van der Waals surface area contributed by atoms with E-state index in [4.69, 9.17) is 4.42 Å². The van der Waals surface area contributed by atoms with Crippen LogP contribution in [0.25, 0.3) is 11.0 Å². The van der Waals surface area contributed by atoms with Crippen LogP contribution in [0.2, 0.25) is 0 Å². The minimum absolute atomic E-state index is 0.285. The average molecular weight is 341 g/mol. The van der Waals surface area contributed by atoms with Gasteiger partial charge in [-0.25, -0.2) is 4.79 Å². The third-order valence-corrected chi connectivity index (χ3v) is 4.78. The quantitative estimate of drug-likeness (QED) is 0.810. The van der Waals surface area contributed by atoms with Crippen molar-refractivity contribution in [2.75, 3.05) is 13.1 Å². The SMILES string of the molecule is CC1(c2cc3ccccc3o2)NC(=O)N(CC(=O)NCC2CC2)C1=O. The third kappa shape index (κ3) is 2.75. The number of hydrogen-bond donors (Lipinski definition) is 2. The van der Waals surface area contributed by atoms with E-state index in [0.717, 1.165) is 23.1 Å². The highest BCUT2D eigenvalue weighted by molar-refractivity contribution is 6.09. The molecule has 4 amide bonds. The number of para-hydroxylation sites is 1. The summed E-state index contributed by atoms with van der Waals surface area (Å²) in [7, 11) is 0. The molecule has 1 atom stereocenters. The Morgan fingerprint density at radius 2 is 2.12 bits per heavy atom. The highest BCUT2D eigenvalue weighted by atomic mass is 16.3. The van der Waals surface area contributed by atoms with E-state index < -0.39 is 17.5 Å². The van der Waals surface area contributed by atoms with E-state index in [1.165, 1.54) is 0 Å². The van der Waals surface area contributed by atoms with E-state index >= 15 is 0 Å². The van der Waals surface area contributed by atoms with Gasteiger partial charge in [-0.3, -0.25) is 14.5 Å². The monoisotopic (exact) mass is 341 g/mol. The Morgan fingerprint density at radius 1 is 1.36 bits per heavy atom. The van der Waals surface area contributed by atoms with E-state index in [1.54, 1.807) is 19.1 Å². The van der Waals surface area contributed by atoms with Gasteiger partial charge in [0.1, 0.15) is 17.9 Å². The number of urea groups is 1. The minimum Gasteiger partial charge on any atom is -0.458 e. The zero-order valence-electron chi connectivity index (χ0n) is 13.9. The van der Waals surface area contributed by atoms with E-state index in [2.05, 4.69) is 10.6 Å². The maximum atomic E-state index is 12.8. The Bertz CT molecular complexity index is 837. The first kappa shape index (κ1) is 15.7. The molecule has 0 spiro atoms. The molecule has 0 bridgehead atoms. The van der Waals surface area contributed by atoms with Gasteiger partial charge in [0.15, 0.2) is 5.54 Å². The first-order chi connectivity index (χ1) is 12.0. The standard InChI is InChI=1S/C18H19N3O4/c1-18(14-8-12-4-2-3-5-13(12)25-14)16(23)21(17(24)20-18)10-15(22)19-9-11-6-7-11/h2-5,8,11H,6-7,9-10H2,1H3,(H,19,22)(H,20,24). The molecule has 1 aromatic carbocycles. The number of carbonyl (C=O) groups is 3. The summed E-state index contributed by atoms with van der Waals surface area (Å²) in [4.78, 5) is 38.0. The maximum Gasteiger partial charge on any atom is 0.325 e. The molecule has 1 aliphatic heterocycles. The second-order valence-electron chi connectivity index (χ2n) is 6.84. The van der Waals surface area contributed by atoms with Crippen molar-refractivity contribution in [1.82, 2.24) is 15.5 Å². The zero-order valence-corrected chi connectivity index (χ0v) is 13.9. The number of benzene rings is 1. The zero-order chi connectivity index (χ0) is 17.6. The maximum absolute atomic E-state index is 12.8. The molecule has 2 N–H and O–H groups in total. The lowest BCUT2D eigenvalue weighted by molar-refractivity contribution is -0.135. The normalized spacial score (nSPS) is 23.2. The fourth-order valence-corrected chi connectivity index (χ4v) is 3.02. The highest BCUT2D eigenvalue weighted by Gasteiger charge is 2.51. The van der Waals surface area contributed by atoms with Crippen LogP contribution < -0.4 is 10.6 Å². The van der Waals surface area contributed by atoms with Crippen LogP contribution in [0.4, 0.5) is 4.79 Å². The molecule has 1 unspecified atom stereocenters. The van der Waals surface area contributed by atoms with Crippen LogP contribution in [0.3, 0.4) is 0 Å². The summed E-state index contributed by atoms with van der Waals surface area (Å²) in [6, 6.07) is 8.53. The molecule has 2 aliphatic rings. The largest absolute Gasteiger partial charge is 0.458 e. The molecular formula is C18H19N3O4. The van der Waals surface area contributed by atoms with Gasteiger partial charge in [0.2, 0.25) is 5.91 Å². The number of furan rings is 1. The summed E-state index contributed by atoms with van der Waals surface area (Å²) < 4.78 is 5.75. The van der Waals surface area contributed by atoms with Gasteiger partial charge in [-0.15, -0.1) is 0 Å². The molecule has 7 heteroatoms. The molecule has 1 aromatic heterocycles. The van der Waals surface area contributed by atoms with E-state index in [9.17, 15) is 14.4 Å². The molecular weight excluding hydrogens is 322 g/mol. The van der Waals surface area contributed by atoms with Gasteiger partial charge in [-0.2, -0.15) is 0 Å². The van der Waals surface area contributed by atoms with Gasteiger partial charge in [-0.1, -0.05) is 18.2 Å². The minimum atomic E-state index is -1.31. The van der Waals surface area contributed by atoms with Crippen molar-refractivity contribution < 1.29 is 18.8 Å². The number of nitrogens with zero attached hydrogens (tertiary/aromatic N) is 1. The fraction of sp³-hybridized carbons (Fsp3) is 0.389. The summed E-state index contributed by atoms with van der Waals surface area (Å²) in [5.74, 6) is 0.0724. The van der Waals surface area contributed by atoms with Gasteiger partial charge in [0.25, 0.3) is 5.91 Å². The molecule has 1 saturated heterocycles. The summed E-state index contributed by atoms with van der Waals surface area (Å²) >= 11 is 0.